The molecule has 0 bridgehead atoms. The molecule has 0 fully saturated rings. The Labute approximate surface area is 126 Å². The Hall–Kier alpha value is -0.710. The van der Waals surface area contributed by atoms with E-state index in [-0.39, 0.29) is 5.92 Å². The van der Waals surface area contributed by atoms with Gasteiger partial charge < -0.3 is 0 Å². The summed E-state index contributed by atoms with van der Waals surface area (Å²) >= 11 is 12.3. The number of nitrogens with zero attached hydrogens (tertiary/aromatic N) is 1. The van der Waals surface area contributed by atoms with Crippen molar-refractivity contribution in [2.24, 2.45) is 0 Å². The molecule has 1 aromatic carbocycles. The maximum atomic E-state index is 9.30. The third kappa shape index (κ3) is 5.43. The minimum Gasteiger partial charge on any atom is -0.198 e. The molecule has 0 unspecified atom stereocenters. The van der Waals surface area contributed by atoms with Crippen LogP contribution in [0.15, 0.2) is 18.2 Å². The van der Waals surface area contributed by atoms with Crippen molar-refractivity contribution >= 4 is 23.2 Å². The van der Waals surface area contributed by atoms with Crippen LogP contribution in [0.5, 0.6) is 0 Å². The number of hydrogen-bond donors (Lipinski definition) is 0. The lowest BCUT2D eigenvalue weighted by Gasteiger charge is -2.13. The number of rotatable bonds is 8. The highest BCUT2D eigenvalue weighted by Crippen LogP contribution is 2.34. The van der Waals surface area contributed by atoms with Gasteiger partial charge in [0.25, 0.3) is 0 Å². The zero-order valence-electron chi connectivity index (χ0n) is 11.5. The average molecular weight is 298 g/mol. The van der Waals surface area contributed by atoms with Crippen LogP contribution in [0, 0.1) is 11.3 Å². The van der Waals surface area contributed by atoms with E-state index in [0.717, 1.165) is 18.4 Å². The normalized spacial score (nSPS) is 12.1. The standard InChI is InChI=1S/C16H21Cl2N/c1-2-3-4-5-6-7-9-13(12-19)16-14(17)10-8-11-15(16)18/h8,10-11,13H,2-7,9H2,1H3/t13-/m1/s1. The van der Waals surface area contributed by atoms with Gasteiger partial charge in [-0.25, -0.2) is 0 Å². The molecule has 0 heterocycles. The molecule has 104 valence electrons. The average Bonchev–Trinajstić information content (AvgIpc) is 2.40. The Kier molecular flexibility index (Phi) is 7.94. The molecule has 1 nitrogen and oxygen atoms in total. The van der Waals surface area contributed by atoms with E-state index in [4.69, 9.17) is 23.2 Å². The van der Waals surface area contributed by atoms with Crippen molar-refractivity contribution in [3.8, 4) is 6.07 Å². The number of hydrogen-bond acceptors (Lipinski definition) is 1. The van der Waals surface area contributed by atoms with Crippen molar-refractivity contribution in [1.82, 2.24) is 0 Å². The van der Waals surface area contributed by atoms with Gasteiger partial charge in [0.2, 0.25) is 0 Å². The van der Waals surface area contributed by atoms with Gasteiger partial charge in [0.1, 0.15) is 0 Å². The maximum Gasteiger partial charge on any atom is 0.0742 e. The topological polar surface area (TPSA) is 23.8 Å². The van der Waals surface area contributed by atoms with Crippen molar-refractivity contribution in [3.05, 3.63) is 33.8 Å². The van der Waals surface area contributed by atoms with Crippen LogP contribution < -0.4 is 0 Å². The molecule has 0 saturated heterocycles. The second-order valence-electron chi connectivity index (χ2n) is 4.87. The zero-order chi connectivity index (χ0) is 14.1. The fourth-order valence-corrected chi connectivity index (χ4v) is 2.91. The van der Waals surface area contributed by atoms with Crippen molar-refractivity contribution in [2.75, 3.05) is 0 Å². The summed E-state index contributed by atoms with van der Waals surface area (Å²) < 4.78 is 0. The highest BCUT2D eigenvalue weighted by Gasteiger charge is 2.17. The summed E-state index contributed by atoms with van der Waals surface area (Å²) in [6, 6.07) is 7.75. The van der Waals surface area contributed by atoms with E-state index in [1.54, 1.807) is 12.1 Å². The number of unbranched alkanes of at least 4 members (excludes halogenated alkanes) is 5. The van der Waals surface area contributed by atoms with Crippen LogP contribution in [0.4, 0.5) is 0 Å². The van der Waals surface area contributed by atoms with Crippen molar-refractivity contribution < 1.29 is 0 Å². The molecule has 3 heteroatoms. The fraction of sp³-hybridized carbons (Fsp3) is 0.562. The van der Waals surface area contributed by atoms with E-state index in [1.165, 1.54) is 32.1 Å². The summed E-state index contributed by atoms with van der Waals surface area (Å²) in [7, 11) is 0. The first-order valence-corrected chi connectivity index (χ1v) is 7.79. The fourth-order valence-electron chi connectivity index (χ4n) is 2.25. The molecule has 0 aromatic heterocycles. The van der Waals surface area contributed by atoms with Crippen molar-refractivity contribution in [1.29, 1.82) is 5.26 Å². The number of nitriles is 1. The minimum absolute atomic E-state index is 0.188. The molecule has 1 atom stereocenters. The second-order valence-corrected chi connectivity index (χ2v) is 5.69. The Bertz CT molecular complexity index is 403. The third-order valence-corrected chi connectivity index (χ3v) is 4.01. The van der Waals surface area contributed by atoms with Crippen LogP contribution in [0.2, 0.25) is 10.0 Å². The number of benzene rings is 1. The van der Waals surface area contributed by atoms with E-state index in [1.807, 2.05) is 6.07 Å². The van der Waals surface area contributed by atoms with E-state index < -0.39 is 0 Å². The van der Waals surface area contributed by atoms with Gasteiger partial charge in [-0.2, -0.15) is 5.26 Å². The largest absolute Gasteiger partial charge is 0.198 e. The van der Waals surface area contributed by atoms with Gasteiger partial charge in [-0.1, -0.05) is 74.7 Å². The van der Waals surface area contributed by atoms with E-state index >= 15 is 0 Å². The SMILES string of the molecule is CCCCCCCC[C@H](C#N)c1c(Cl)cccc1Cl. The van der Waals surface area contributed by atoms with Gasteiger partial charge in [-0.15, -0.1) is 0 Å². The predicted molar refractivity (Wildman–Crippen MR) is 82.8 cm³/mol. The highest BCUT2D eigenvalue weighted by atomic mass is 35.5. The predicted octanol–water partition coefficient (Wildman–Crippen LogP) is 6.35. The number of halogens is 2. The molecule has 0 aliphatic heterocycles. The Morgan fingerprint density at radius 3 is 2.21 bits per heavy atom. The Morgan fingerprint density at radius 1 is 1.05 bits per heavy atom. The molecule has 0 spiro atoms. The summed E-state index contributed by atoms with van der Waals surface area (Å²) in [6.07, 6.45) is 8.19. The minimum atomic E-state index is -0.188. The molecule has 0 amide bonds. The van der Waals surface area contributed by atoms with E-state index in [9.17, 15) is 5.26 Å². The van der Waals surface area contributed by atoms with Gasteiger partial charge in [-0.05, 0) is 18.6 Å². The summed E-state index contributed by atoms with van der Waals surface area (Å²) in [5.41, 5.74) is 0.793. The molecule has 0 saturated carbocycles. The lowest BCUT2D eigenvalue weighted by molar-refractivity contribution is 0.575. The molecular formula is C16H21Cl2N. The van der Waals surface area contributed by atoms with Crippen LogP contribution >= 0.6 is 23.2 Å². The molecule has 0 aliphatic carbocycles. The van der Waals surface area contributed by atoms with Gasteiger partial charge in [0, 0.05) is 15.6 Å². The quantitative estimate of drug-likeness (QED) is 0.513. The first-order chi connectivity index (χ1) is 9.20. The van der Waals surface area contributed by atoms with Crippen molar-refractivity contribution in [2.45, 2.75) is 57.8 Å². The molecule has 1 aromatic rings. The first-order valence-electron chi connectivity index (χ1n) is 7.04. The molecule has 0 aliphatic rings. The molecule has 0 radical (unpaired) electrons. The second kappa shape index (κ2) is 9.23. The summed E-state index contributed by atoms with van der Waals surface area (Å²) in [6.45, 7) is 2.21. The molecular weight excluding hydrogens is 277 g/mol. The van der Waals surface area contributed by atoms with Crippen LogP contribution in [0.1, 0.15) is 63.4 Å². The first kappa shape index (κ1) is 16.3. The zero-order valence-corrected chi connectivity index (χ0v) is 13.0. The van der Waals surface area contributed by atoms with E-state index in [2.05, 4.69) is 13.0 Å². The van der Waals surface area contributed by atoms with Crippen molar-refractivity contribution in [3.63, 3.8) is 0 Å². The van der Waals surface area contributed by atoms with Gasteiger partial charge in [-0.3, -0.25) is 0 Å². The van der Waals surface area contributed by atoms with Crippen LogP contribution in [-0.4, -0.2) is 0 Å². The monoisotopic (exact) mass is 297 g/mol. The summed E-state index contributed by atoms with van der Waals surface area (Å²) in [5, 5.41) is 10.5. The highest BCUT2D eigenvalue weighted by molar-refractivity contribution is 6.36. The Balaban J connectivity index is 2.48. The van der Waals surface area contributed by atoms with Crippen LogP contribution in [0.25, 0.3) is 0 Å². The lowest BCUT2D eigenvalue weighted by Crippen LogP contribution is -1.98. The molecule has 0 N–H and O–H groups in total. The Morgan fingerprint density at radius 2 is 1.63 bits per heavy atom. The van der Waals surface area contributed by atoms with Gasteiger partial charge >= 0.3 is 0 Å². The molecule has 19 heavy (non-hydrogen) atoms. The van der Waals surface area contributed by atoms with E-state index in [0.29, 0.717) is 10.0 Å². The van der Waals surface area contributed by atoms with Crippen LogP contribution in [0.3, 0.4) is 0 Å². The summed E-state index contributed by atoms with van der Waals surface area (Å²) in [5.74, 6) is -0.188. The van der Waals surface area contributed by atoms with Gasteiger partial charge in [0.05, 0.1) is 12.0 Å². The smallest absolute Gasteiger partial charge is 0.0742 e. The summed E-state index contributed by atoms with van der Waals surface area (Å²) in [4.78, 5) is 0. The third-order valence-electron chi connectivity index (χ3n) is 3.35. The van der Waals surface area contributed by atoms with Gasteiger partial charge in [0.15, 0.2) is 0 Å². The lowest BCUT2D eigenvalue weighted by atomic mass is 9.94. The van der Waals surface area contributed by atoms with Crippen LogP contribution in [-0.2, 0) is 0 Å². The molecule has 1 rings (SSSR count). The maximum absolute atomic E-state index is 9.30.